The molecule has 0 spiro atoms. The van der Waals surface area contributed by atoms with Gasteiger partial charge in [-0.3, -0.25) is 4.79 Å². The number of fused-ring (bicyclic) bond motifs is 1. The fraction of sp³-hybridized carbons (Fsp3) is 0.769. The van der Waals surface area contributed by atoms with E-state index in [4.69, 9.17) is 0 Å². The van der Waals surface area contributed by atoms with Crippen LogP contribution in [0.3, 0.4) is 0 Å². The van der Waals surface area contributed by atoms with Crippen molar-refractivity contribution in [1.82, 2.24) is 0 Å². The highest BCUT2D eigenvalue weighted by Crippen LogP contribution is 2.67. The van der Waals surface area contributed by atoms with Crippen molar-refractivity contribution in [3.63, 3.8) is 0 Å². The lowest BCUT2D eigenvalue weighted by molar-refractivity contribution is -0.167. The molecule has 5 aliphatic carbocycles. The van der Waals surface area contributed by atoms with E-state index in [2.05, 4.69) is 0 Å². The quantitative estimate of drug-likeness (QED) is 0.701. The van der Waals surface area contributed by atoms with Gasteiger partial charge in [0, 0.05) is 0 Å². The van der Waals surface area contributed by atoms with E-state index in [1.165, 1.54) is 0 Å². The number of hydrogen-bond donors (Lipinski definition) is 2. The summed E-state index contributed by atoms with van der Waals surface area (Å²) in [5.41, 5.74) is -0.349. The summed E-state index contributed by atoms with van der Waals surface area (Å²) in [5.74, 6) is 0.0533. The maximum atomic E-state index is 11.4. The number of aliphatic hydroxyl groups is 1. The van der Waals surface area contributed by atoms with E-state index in [0.29, 0.717) is 12.3 Å². The molecule has 3 nitrogen and oxygen atoms in total. The first-order chi connectivity index (χ1) is 7.40. The molecule has 4 atom stereocenters. The summed E-state index contributed by atoms with van der Waals surface area (Å²) < 4.78 is 0. The molecule has 5 rings (SSSR count). The topological polar surface area (TPSA) is 57.5 Å². The van der Waals surface area contributed by atoms with Gasteiger partial charge in [-0.15, -0.1) is 0 Å². The molecule has 0 heterocycles. The van der Waals surface area contributed by atoms with Crippen molar-refractivity contribution >= 4 is 5.97 Å². The Morgan fingerprint density at radius 2 is 2.19 bits per heavy atom. The molecule has 4 bridgehead atoms. The summed E-state index contributed by atoms with van der Waals surface area (Å²) in [6.07, 6.45) is 4.30. The lowest BCUT2D eigenvalue weighted by Crippen LogP contribution is -2.62. The Kier molecular flexibility index (Phi) is 1.74. The minimum absolute atomic E-state index is 0.139. The monoisotopic (exact) mass is 222 g/mol. The smallest absolute Gasteiger partial charge is 0.313 e. The Hall–Kier alpha value is -0.830. The van der Waals surface area contributed by atoms with Crippen LogP contribution in [0, 0.1) is 23.2 Å². The van der Waals surface area contributed by atoms with Crippen LogP contribution in [0.2, 0.25) is 0 Å². The first-order valence-corrected chi connectivity index (χ1v) is 6.09. The molecule has 0 amide bonds. The minimum Gasteiger partial charge on any atom is -0.481 e. The Bertz CT molecular complexity index is 398. The van der Waals surface area contributed by atoms with Crippen LogP contribution in [0.15, 0.2) is 11.6 Å². The van der Waals surface area contributed by atoms with Gasteiger partial charge in [0.25, 0.3) is 0 Å². The molecule has 16 heavy (non-hydrogen) atoms. The van der Waals surface area contributed by atoms with Gasteiger partial charge in [0.1, 0.15) is 0 Å². The fourth-order valence-electron chi connectivity index (χ4n) is 4.08. The van der Waals surface area contributed by atoms with Crippen LogP contribution >= 0.6 is 0 Å². The Morgan fingerprint density at radius 1 is 1.50 bits per heavy atom. The molecule has 1 unspecified atom stereocenters. The minimum atomic E-state index is -0.759. The highest BCUT2D eigenvalue weighted by Gasteiger charge is 2.66. The van der Waals surface area contributed by atoms with E-state index < -0.39 is 17.0 Å². The second-order valence-corrected chi connectivity index (χ2v) is 6.07. The zero-order valence-corrected chi connectivity index (χ0v) is 9.73. The zero-order chi connectivity index (χ0) is 11.7. The van der Waals surface area contributed by atoms with Crippen LogP contribution in [-0.2, 0) is 4.79 Å². The zero-order valence-electron chi connectivity index (χ0n) is 9.73. The second kappa shape index (κ2) is 2.70. The van der Waals surface area contributed by atoms with Gasteiger partial charge in [-0.25, -0.2) is 0 Å². The predicted molar refractivity (Wildman–Crippen MR) is 58.8 cm³/mol. The van der Waals surface area contributed by atoms with Crippen molar-refractivity contribution in [3.05, 3.63) is 11.6 Å². The van der Waals surface area contributed by atoms with Crippen LogP contribution in [0.4, 0.5) is 0 Å². The lowest BCUT2D eigenvalue weighted by Gasteiger charge is -2.63. The average Bonchev–Trinajstić information content (AvgIpc) is 2.23. The van der Waals surface area contributed by atoms with Gasteiger partial charge in [0.05, 0.1) is 11.0 Å². The van der Waals surface area contributed by atoms with E-state index in [0.717, 1.165) is 18.4 Å². The Labute approximate surface area is 95.2 Å². The summed E-state index contributed by atoms with van der Waals surface area (Å²) in [5, 5.41) is 19.9. The molecule has 88 valence electrons. The van der Waals surface area contributed by atoms with Crippen molar-refractivity contribution < 1.29 is 15.0 Å². The third kappa shape index (κ3) is 0.915. The van der Waals surface area contributed by atoms with Gasteiger partial charge in [-0.1, -0.05) is 25.5 Å². The Morgan fingerprint density at radius 3 is 2.62 bits per heavy atom. The van der Waals surface area contributed by atoms with Crippen molar-refractivity contribution in [2.75, 3.05) is 0 Å². The van der Waals surface area contributed by atoms with E-state index in [9.17, 15) is 15.0 Å². The summed E-state index contributed by atoms with van der Waals surface area (Å²) in [6, 6.07) is 0. The van der Waals surface area contributed by atoms with Gasteiger partial charge in [0.15, 0.2) is 0 Å². The molecule has 0 aromatic rings. The molecule has 2 N–H and O–H groups in total. The summed E-state index contributed by atoms with van der Waals surface area (Å²) >= 11 is 0. The molecule has 5 aliphatic rings. The number of aliphatic carboxylic acids is 1. The van der Waals surface area contributed by atoms with Crippen LogP contribution in [0.1, 0.15) is 33.1 Å². The van der Waals surface area contributed by atoms with Crippen molar-refractivity contribution in [2.24, 2.45) is 23.2 Å². The SMILES string of the molecule is CC(C)[C@@]1(O)C=C2C3C[C@H]1C[C@@]2(C(=O)O)C3. The molecule has 3 saturated carbocycles. The molecule has 0 saturated heterocycles. The standard InChI is InChI=1S/C13H18O3/c1-7(2)13(16)6-10-8-3-9(13)5-12(10,4-8)11(14)15/h6-9,16H,3-5H2,1-2H3,(H,14,15)/t8?,9-,12-,13-/m0/s1. The number of carbonyl (C=O) groups is 1. The normalized spacial score (nSPS) is 48.9. The maximum absolute atomic E-state index is 11.4. The number of carboxylic acids is 1. The predicted octanol–water partition coefficient (Wildman–Crippen LogP) is 1.81. The first kappa shape index (κ1) is 10.3. The van der Waals surface area contributed by atoms with Gasteiger partial charge in [0.2, 0.25) is 0 Å². The molecule has 0 aromatic carbocycles. The van der Waals surface area contributed by atoms with E-state index in [-0.39, 0.29) is 11.8 Å². The first-order valence-electron chi connectivity index (χ1n) is 6.09. The highest BCUT2D eigenvalue weighted by atomic mass is 16.4. The highest BCUT2D eigenvalue weighted by molar-refractivity contribution is 5.82. The van der Waals surface area contributed by atoms with Crippen LogP contribution < -0.4 is 0 Å². The lowest BCUT2D eigenvalue weighted by atomic mass is 9.41. The molecule has 0 radical (unpaired) electrons. The van der Waals surface area contributed by atoms with Crippen LogP contribution in [-0.4, -0.2) is 21.8 Å². The second-order valence-electron chi connectivity index (χ2n) is 6.07. The summed E-state index contributed by atoms with van der Waals surface area (Å²) in [7, 11) is 0. The van der Waals surface area contributed by atoms with E-state index >= 15 is 0 Å². The fourth-order valence-corrected chi connectivity index (χ4v) is 4.08. The molecule has 3 heteroatoms. The van der Waals surface area contributed by atoms with Crippen molar-refractivity contribution in [3.8, 4) is 0 Å². The largest absolute Gasteiger partial charge is 0.481 e. The van der Waals surface area contributed by atoms with E-state index in [1.807, 2.05) is 19.9 Å². The summed E-state index contributed by atoms with van der Waals surface area (Å²) in [4.78, 5) is 11.4. The summed E-state index contributed by atoms with van der Waals surface area (Å²) in [6.45, 7) is 4.02. The van der Waals surface area contributed by atoms with Gasteiger partial charge < -0.3 is 10.2 Å². The van der Waals surface area contributed by atoms with Crippen LogP contribution in [0.5, 0.6) is 0 Å². The Balaban J connectivity index is 2.06. The number of rotatable bonds is 2. The number of hydrogen-bond acceptors (Lipinski definition) is 2. The average molecular weight is 222 g/mol. The van der Waals surface area contributed by atoms with E-state index in [1.54, 1.807) is 0 Å². The maximum Gasteiger partial charge on any atom is 0.313 e. The molecule has 3 fully saturated rings. The molecular formula is C13H18O3. The molecule has 0 aliphatic heterocycles. The van der Waals surface area contributed by atoms with Crippen LogP contribution in [0.25, 0.3) is 0 Å². The van der Waals surface area contributed by atoms with Gasteiger partial charge in [-0.2, -0.15) is 0 Å². The number of carboxylic acid groups (broad SMARTS) is 1. The third-order valence-corrected chi connectivity index (χ3v) is 5.13. The van der Waals surface area contributed by atoms with Crippen molar-refractivity contribution in [1.29, 1.82) is 0 Å². The van der Waals surface area contributed by atoms with Gasteiger partial charge in [-0.05, 0) is 37.0 Å². The third-order valence-electron chi connectivity index (χ3n) is 5.13. The molecular weight excluding hydrogens is 204 g/mol. The molecule has 0 aromatic heterocycles. The van der Waals surface area contributed by atoms with Crippen molar-refractivity contribution in [2.45, 2.75) is 38.7 Å². The van der Waals surface area contributed by atoms with Gasteiger partial charge >= 0.3 is 5.97 Å².